The number of carbonyl (C=O) groups is 2. The lowest BCUT2D eigenvalue weighted by atomic mass is 10.2. The fourth-order valence-electron chi connectivity index (χ4n) is 3.37. The van der Waals surface area contributed by atoms with Gasteiger partial charge in [0.2, 0.25) is 5.91 Å². The molecule has 1 aliphatic heterocycles. The van der Waals surface area contributed by atoms with E-state index in [1.165, 1.54) is 5.56 Å². The molecule has 0 atom stereocenters. The van der Waals surface area contributed by atoms with Gasteiger partial charge in [0.15, 0.2) is 0 Å². The fraction of sp³-hybridized carbons (Fsp3) is 0.364. The van der Waals surface area contributed by atoms with Gasteiger partial charge in [0.25, 0.3) is 5.91 Å². The Balaban J connectivity index is 1.46. The third-order valence-electron chi connectivity index (χ3n) is 4.99. The fourth-order valence-corrected chi connectivity index (χ4v) is 3.77. The Morgan fingerprint density at radius 3 is 2.59 bits per heavy atom. The second kappa shape index (κ2) is 10.4. The van der Waals surface area contributed by atoms with Crippen molar-refractivity contribution in [3.63, 3.8) is 0 Å². The van der Waals surface area contributed by atoms with Gasteiger partial charge in [0.05, 0.1) is 13.7 Å². The second-order valence-electron chi connectivity index (χ2n) is 7.05. The van der Waals surface area contributed by atoms with Gasteiger partial charge in [-0.1, -0.05) is 34.1 Å². The van der Waals surface area contributed by atoms with Crippen LogP contribution in [-0.4, -0.2) is 61.4 Å². The normalized spacial score (nSPS) is 14.9. The quantitative estimate of drug-likeness (QED) is 0.721. The van der Waals surface area contributed by atoms with Crippen LogP contribution in [-0.2, 0) is 11.3 Å². The minimum Gasteiger partial charge on any atom is -0.497 e. The summed E-state index contributed by atoms with van der Waals surface area (Å²) in [6.07, 6.45) is 0.918. The van der Waals surface area contributed by atoms with Gasteiger partial charge in [-0.3, -0.25) is 14.5 Å². The lowest BCUT2D eigenvalue weighted by Gasteiger charge is -2.22. The van der Waals surface area contributed by atoms with Crippen LogP contribution in [0, 0.1) is 0 Å². The maximum absolute atomic E-state index is 12.6. The highest BCUT2D eigenvalue weighted by Gasteiger charge is 2.20. The van der Waals surface area contributed by atoms with Crippen molar-refractivity contribution < 1.29 is 14.3 Å². The summed E-state index contributed by atoms with van der Waals surface area (Å²) < 4.78 is 6.04. The summed E-state index contributed by atoms with van der Waals surface area (Å²) in [7, 11) is 1.66. The summed E-state index contributed by atoms with van der Waals surface area (Å²) in [5.41, 5.74) is 1.76. The van der Waals surface area contributed by atoms with E-state index in [2.05, 4.69) is 38.3 Å². The molecule has 0 unspecified atom stereocenters. The van der Waals surface area contributed by atoms with E-state index in [4.69, 9.17) is 4.74 Å². The summed E-state index contributed by atoms with van der Waals surface area (Å²) in [6, 6.07) is 15.2. The number of nitrogens with one attached hydrogen (secondary N) is 1. The molecule has 6 nitrogen and oxygen atoms in total. The van der Waals surface area contributed by atoms with Crippen molar-refractivity contribution in [2.24, 2.45) is 0 Å². The summed E-state index contributed by atoms with van der Waals surface area (Å²) in [5.74, 6) is 0.571. The minimum absolute atomic E-state index is 0.0177. The van der Waals surface area contributed by atoms with Crippen LogP contribution < -0.4 is 10.1 Å². The number of rotatable bonds is 6. The topological polar surface area (TPSA) is 61.9 Å². The van der Waals surface area contributed by atoms with Gasteiger partial charge in [0, 0.05) is 42.8 Å². The highest BCUT2D eigenvalue weighted by Crippen LogP contribution is 2.14. The number of methoxy groups -OCH3 is 1. The number of hydrogen-bond acceptors (Lipinski definition) is 4. The highest BCUT2D eigenvalue weighted by molar-refractivity contribution is 9.10. The maximum Gasteiger partial charge on any atom is 0.251 e. The summed E-state index contributed by atoms with van der Waals surface area (Å²) in [6.45, 7) is 4.01. The predicted molar refractivity (Wildman–Crippen MR) is 116 cm³/mol. The molecule has 7 heteroatoms. The van der Waals surface area contributed by atoms with E-state index in [1.54, 1.807) is 25.3 Å². The molecule has 2 aromatic rings. The molecule has 0 aliphatic carbocycles. The summed E-state index contributed by atoms with van der Waals surface area (Å²) in [5, 5.41) is 2.73. The molecule has 29 heavy (non-hydrogen) atoms. The van der Waals surface area contributed by atoms with Crippen LogP contribution in [0.4, 0.5) is 0 Å². The van der Waals surface area contributed by atoms with Gasteiger partial charge in [-0.2, -0.15) is 0 Å². The van der Waals surface area contributed by atoms with Gasteiger partial charge in [0.1, 0.15) is 5.75 Å². The lowest BCUT2D eigenvalue weighted by Crippen LogP contribution is -2.42. The van der Waals surface area contributed by atoms with E-state index < -0.39 is 0 Å². The zero-order valence-corrected chi connectivity index (χ0v) is 18.2. The van der Waals surface area contributed by atoms with E-state index in [0.717, 1.165) is 36.3 Å². The van der Waals surface area contributed by atoms with Gasteiger partial charge in [-0.05, 0) is 42.3 Å². The molecule has 1 heterocycles. The van der Waals surface area contributed by atoms with E-state index >= 15 is 0 Å². The molecule has 0 aromatic heterocycles. The van der Waals surface area contributed by atoms with E-state index in [9.17, 15) is 9.59 Å². The Morgan fingerprint density at radius 2 is 1.86 bits per heavy atom. The average molecular weight is 460 g/mol. The van der Waals surface area contributed by atoms with E-state index in [0.29, 0.717) is 18.7 Å². The number of halogens is 1. The van der Waals surface area contributed by atoms with Crippen LogP contribution in [0.15, 0.2) is 53.0 Å². The lowest BCUT2D eigenvalue weighted by molar-refractivity contribution is -0.130. The van der Waals surface area contributed by atoms with Crippen LogP contribution in [0.3, 0.4) is 0 Å². The molecular formula is C22H26BrN3O3. The average Bonchev–Trinajstić information content (AvgIpc) is 2.98. The number of hydrogen-bond donors (Lipinski definition) is 1. The Bertz CT molecular complexity index is 841. The van der Waals surface area contributed by atoms with E-state index in [-0.39, 0.29) is 18.4 Å². The van der Waals surface area contributed by atoms with Crippen molar-refractivity contribution in [1.29, 1.82) is 0 Å². The molecule has 1 fully saturated rings. The molecule has 2 aromatic carbocycles. The molecule has 0 radical (unpaired) electrons. The second-order valence-corrected chi connectivity index (χ2v) is 7.97. The van der Waals surface area contributed by atoms with Crippen LogP contribution >= 0.6 is 15.9 Å². The largest absolute Gasteiger partial charge is 0.497 e. The molecule has 0 spiro atoms. The van der Waals surface area contributed by atoms with E-state index in [1.807, 2.05) is 23.1 Å². The smallest absolute Gasteiger partial charge is 0.251 e. The maximum atomic E-state index is 12.6. The monoisotopic (exact) mass is 459 g/mol. The van der Waals surface area contributed by atoms with Crippen molar-refractivity contribution >= 4 is 27.7 Å². The number of benzene rings is 2. The molecule has 0 saturated carbocycles. The number of ether oxygens (including phenoxy) is 1. The third-order valence-corrected chi connectivity index (χ3v) is 5.49. The number of carbonyl (C=O) groups excluding carboxylic acids is 2. The first-order chi connectivity index (χ1) is 14.0. The molecule has 154 valence electrons. The Kier molecular flexibility index (Phi) is 7.66. The van der Waals surface area contributed by atoms with Crippen molar-refractivity contribution in [3.8, 4) is 5.75 Å². The van der Waals surface area contributed by atoms with Gasteiger partial charge < -0.3 is 15.0 Å². The molecule has 3 rings (SSSR count). The zero-order valence-electron chi connectivity index (χ0n) is 16.6. The molecule has 1 aliphatic rings. The first-order valence-corrected chi connectivity index (χ1v) is 10.5. The molecule has 1 N–H and O–H groups in total. The highest BCUT2D eigenvalue weighted by atomic mass is 79.9. The first-order valence-electron chi connectivity index (χ1n) is 9.72. The van der Waals surface area contributed by atoms with Gasteiger partial charge in [-0.25, -0.2) is 0 Å². The minimum atomic E-state index is -0.240. The van der Waals surface area contributed by atoms with Crippen molar-refractivity contribution in [2.75, 3.05) is 39.8 Å². The molecule has 0 bridgehead atoms. The molecule has 1 saturated heterocycles. The Hall–Kier alpha value is -2.38. The zero-order chi connectivity index (χ0) is 20.6. The van der Waals surface area contributed by atoms with Crippen molar-refractivity contribution in [3.05, 3.63) is 64.1 Å². The molecule has 2 amide bonds. The van der Waals surface area contributed by atoms with Gasteiger partial charge >= 0.3 is 0 Å². The van der Waals surface area contributed by atoms with Crippen LogP contribution in [0.2, 0.25) is 0 Å². The number of amides is 2. The SMILES string of the molecule is COc1ccc(CN2CCCN(C(=O)CNC(=O)c3cccc(Br)c3)CC2)cc1. The summed E-state index contributed by atoms with van der Waals surface area (Å²) >= 11 is 3.35. The standard InChI is InChI=1S/C22H26BrN3O3/c1-29-20-8-6-17(7-9-20)16-25-10-3-11-26(13-12-25)21(27)15-24-22(28)18-4-2-5-19(23)14-18/h2,4-9,14H,3,10-13,15-16H2,1H3,(H,24,28). The first kappa shape index (κ1) is 21.3. The van der Waals surface area contributed by atoms with Crippen LogP contribution in [0.5, 0.6) is 5.75 Å². The summed E-state index contributed by atoms with van der Waals surface area (Å²) in [4.78, 5) is 29.0. The van der Waals surface area contributed by atoms with Crippen LogP contribution in [0.1, 0.15) is 22.3 Å². The predicted octanol–water partition coefficient (Wildman–Crippen LogP) is 2.92. The number of nitrogens with zero attached hydrogens (tertiary/aromatic N) is 2. The van der Waals surface area contributed by atoms with Gasteiger partial charge in [-0.15, -0.1) is 0 Å². The molecular weight excluding hydrogens is 434 g/mol. The van der Waals surface area contributed by atoms with Crippen LogP contribution in [0.25, 0.3) is 0 Å². The Morgan fingerprint density at radius 1 is 1.07 bits per heavy atom. The van der Waals surface area contributed by atoms with Crippen molar-refractivity contribution in [2.45, 2.75) is 13.0 Å². The third kappa shape index (κ3) is 6.30. The Labute approximate surface area is 180 Å². The van der Waals surface area contributed by atoms with Crippen molar-refractivity contribution in [1.82, 2.24) is 15.1 Å².